The molecule has 2 heteroatoms. The summed E-state index contributed by atoms with van der Waals surface area (Å²) < 4.78 is 0. The molecule has 1 rings (SSSR count). The minimum Gasteiger partial charge on any atom is -0.122 e. The summed E-state index contributed by atoms with van der Waals surface area (Å²) in [6.07, 6.45) is 0. The molecule has 0 fully saturated rings. The third-order valence-electron chi connectivity index (χ3n) is 1.27. The lowest BCUT2D eigenvalue weighted by molar-refractivity contribution is 1.67. The van der Waals surface area contributed by atoms with Crippen molar-refractivity contribution in [2.24, 2.45) is 0 Å². The summed E-state index contributed by atoms with van der Waals surface area (Å²) in [5.74, 6) is 3.77. The molecule has 0 atom stereocenters. The molecule has 0 unspecified atom stereocenters. The van der Waals surface area contributed by atoms with Gasteiger partial charge >= 0.3 is 0 Å². The van der Waals surface area contributed by atoms with Crippen molar-refractivity contribution in [1.82, 2.24) is 0 Å². The number of rotatable bonds is 2. The fraction of sp³-hybridized carbons (Fsp3) is 0. The molecule has 0 saturated carbocycles. The normalized spacial score (nSPS) is 8.80. The zero-order chi connectivity index (χ0) is 7.40. The highest BCUT2D eigenvalue weighted by Crippen LogP contribution is 2.00. The van der Waals surface area contributed by atoms with Crippen molar-refractivity contribution in [3.05, 3.63) is 35.4 Å². The van der Waals surface area contributed by atoms with Gasteiger partial charge in [-0.3, -0.25) is 0 Å². The minimum absolute atomic E-state index is 1.17. The highest BCUT2D eigenvalue weighted by Gasteiger charge is 1.84. The van der Waals surface area contributed by atoms with Gasteiger partial charge in [-0.05, 0) is 22.7 Å². The second kappa shape index (κ2) is 3.66. The lowest BCUT2D eigenvalue weighted by Gasteiger charge is -1.92. The van der Waals surface area contributed by atoms with Crippen LogP contribution in [0.1, 0.15) is 11.1 Å². The highest BCUT2D eigenvalue weighted by atomic mass is 31.0. The maximum atomic E-state index is 3.30. The standard InChI is InChI=1S/C8H8P2/c9-5-7-1-2-8(6-10)4-3-7/h1-6,9-10H. The van der Waals surface area contributed by atoms with Gasteiger partial charge in [0.2, 0.25) is 0 Å². The van der Waals surface area contributed by atoms with Crippen LogP contribution in [0.25, 0.3) is 0 Å². The van der Waals surface area contributed by atoms with Crippen molar-refractivity contribution in [1.29, 1.82) is 0 Å². The van der Waals surface area contributed by atoms with Crippen LogP contribution >= 0.6 is 17.7 Å². The first-order valence-corrected chi connectivity index (χ1v) is 4.13. The van der Waals surface area contributed by atoms with Crippen molar-refractivity contribution in [3.8, 4) is 0 Å². The Bertz CT molecular complexity index is 209. The Morgan fingerprint density at radius 1 is 0.800 bits per heavy atom. The largest absolute Gasteiger partial charge is 0.122 e. The summed E-state index contributed by atoms with van der Waals surface area (Å²) in [6.45, 7) is 0. The monoisotopic (exact) mass is 166 g/mol. The Morgan fingerprint density at radius 2 is 1.10 bits per heavy atom. The van der Waals surface area contributed by atoms with Crippen molar-refractivity contribution >= 4 is 29.3 Å². The maximum Gasteiger partial charge on any atom is -0.0216 e. The van der Waals surface area contributed by atoms with Gasteiger partial charge in [-0.25, -0.2) is 0 Å². The predicted molar refractivity (Wildman–Crippen MR) is 53.4 cm³/mol. The van der Waals surface area contributed by atoms with Crippen molar-refractivity contribution in [3.63, 3.8) is 0 Å². The molecule has 0 aromatic heterocycles. The van der Waals surface area contributed by atoms with Gasteiger partial charge in [0.05, 0.1) is 0 Å². The molecule has 0 amide bonds. The van der Waals surface area contributed by atoms with E-state index in [0.29, 0.717) is 0 Å². The molecular weight excluding hydrogens is 158 g/mol. The van der Waals surface area contributed by atoms with Crippen LogP contribution in [0.4, 0.5) is 0 Å². The number of benzene rings is 1. The van der Waals surface area contributed by atoms with Crippen LogP contribution in [0.2, 0.25) is 0 Å². The SMILES string of the molecule is P=Cc1ccc(C=P)cc1. The summed E-state index contributed by atoms with van der Waals surface area (Å²) in [5.41, 5.74) is 2.35. The second-order valence-corrected chi connectivity index (χ2v) is 2.53. The van der Waals surface area contributed by atoms with Gasteiger partial charge in [0, 0.05) is 0 Å². The molecule has 0 spiro atoms. The molecule has 0 nitrogen and oxygen atoms in total. The summed E-state index contributed by atoms with van der Waals surface area (Å²) >= 11 is 0. The van der Waals surface area contributed by atoms with Crippen LogP contribution in [0, 0.1) is 0 Å². The lowest BCUT2D eigenvalue weighted by Crippen LogP contribution is -1.79. The average molecular weight is 166 g/mol. The Labute approximate surface area is 65.3 Å². The summed E-state index contributed by atoms with van der Waals surface area (Å²) in [5, 5.41) is 0. The fourth-order valence-electron chi connectivity index (χ4n) is 0.688. The molecule has 1 aromatic rings. The van der Waals surface area contributed by atoms with E-state index < -0.39 is 0 Å². The van der Waals surface area contributed by atoms with Gasteiger partial charge < -0.3 is 0 Å². The van der Waals surface area contributed by atoms with Gasteiger partial charge in [-0.15, -0.1) is 17.7 Å². The van der Waals surface area contributed by atoms with Crippen molar-refractivity contribution < 1.29 is 0 Å². The van der Waals surface area contributed by atoms with E-state index in [9.17, 15) is 0 Å². The molecule has 0 saturated heterocycles. The van der Waals surface area contributed by atoms with Crippen LogP contribution < -0.4 is 0 Å². The van der Waals surface area contributed by atoms with E-state index in [1.54, 1.807) is 0 Å². The second-order valence-electron chi connectivity index (χ2n) is 1.96. The maximum absolute atomic E-state index is 3.30. The van der Waals surface area contributed by atoms with Crippen molar-refractivity contribution in [2.45, 2.75) is 0 Å². The Hall–Kier alpha value is -0.440. The zero-order valence-corrected chi connectivity index (χ0v) is 7.46. The number of hydrogen-bond acceptors (Lipinski definition) is 0. The zero-order valence-electron chi connectivity index (χ0n) is 5.46. The van der Waals surface area contributed by atoms with E-state index in [-0.39, 0.29) is 0 Å². The van der Waals surface area contributed by atoms with E-state index in [1.165, 1.54) is 11.1 Å². The summed E-state index contributed by atoms with van der Waals surface area (Å²) in [6, 6.07) is 8.16. The highest BCUT2D eigenvalue weighted by molar-refractivity contribution is 7.19. The van der Waals surface area contributed by atoms with Crippen LogP contribution in [0.15, 0.2) is 24.3 Å². The Kier molecular flexibility index (Phi) is 2.81. The van der Waals surface area contributed by atoms with Gasteiger partial charge in [0.25, 0.3) is 0 Å². The first kappa shape index (κ1) is 7.66. The van der Waals surface area contributed by atoms with Crippen LogP contribution in [-0.4, -0.2) is 11.6 Å². The van der Waals surface area contributed by atoms with E-state index in [1.807, 2.05) is 35.9 Å². The topological polar surface area (TPSA) is 0 Å². The van der Waals surface area contributed by atoms with E-state index in [2.05, 4.69) is 17.7 Å². The predicted octanol–water partition coefficient (Wildman–Crippen LogP) is 2.27. The third-order valence-corrected chi connectivity index (χ3v) is 1.94. The molecule has 1 aromatic carbocycles. The van der Waals surface area contributed by atoms with Gasteiger partial charge in [0.15, 0.2) is 0 Å². The lowest BCUT2D eigenvalue weighted by atomic mass is 10.2. The average Bonchev–Trinajstić information content (AvgIpc) is 2.05. The van der Waals surface area contributed by atoms with Crippen LogP contribution in [0.3, 0.4) is 0 Å². The Balaban J connectivity index is 3.00. The first-order valence-electron chi connectivity index (χ1n) is 2.98. The first-order chi connectivity index (χ1) is 4.86. The molecule has 10 heavy (non-hydrogen) atoms. The van der Waals surface area contributed by atoms with Crippen LogP contribution in [0.5, 0.6) is 0 Å². The molecule has 0 N–H and O–H groups in total. The van der Waals surface area contributed by atoms with E-state index >= 15 is 0 Å². The molecule has 0 radical (unpaired) electrons. The molecular formula is C8H8P2. The molecule has 50 valence electrons. The smallest absolute Gasteiger partial charge is 0.0216 e. The summed E-state index contributed by atoms with van der Waals surface area (Å²) in [4.78, 5) is 0. The van der Waals surface area contributed by atoms with E-state index in [0.717, 1.165) is 0 Å². The van der Waals surface area contributed by atoms with Gasteiger partial charge in [-0.2, -0.15) is 0 Å². The van der Waals surface area contributed by atoms with Gasteiger partial charge in [-0.1, -0.05) is 24.3 Å². The molecule has 0 heterocycles. The molecule has 0 bridgehead atoms. The quantitative estimate of drug-likeness (QED) is 0.591. The molecule has 0 aliphatic carbocycles. The molecule has 0 aliphatic heterocycles. The fourth-order valence-corrected chi connectivity index (χ4v) is 1.07. The van der Waals surface area contributed by atoms with Crippen molar-refractivity contribution in [2.75, 3.05) is 0 Å². The minimum atomic E-state index is 1.17. The third kappa shape index (κ3) is 1.77. The van der Waals surface area contributed by atoms with E-state index in [4.69, 9.17) is 0 Å². The van der Waals surface area contributed by atoms with Crippen LogP contribution in [-0.2, 0) is 0 Å². The van der Waals surface area contributed by atoms with Gasteiger partial charge in [0.1, 0.15) is 0 Å². The molecule has 0 aliphatic rings. The number of hydrogen-bond donors (Lipinski definition) is 0. The Morgan fingerprint density at radius 3 is 1.30 bits per heavy atom. The summed E-state index contributed by atoms with van der Waals surface area (Å²) in [7, 11) is 6.60.